The molecule has 0 bridgehead atoms. The first-order valence-corrected chi connectivity index (χ1v) is 13.8. The van der Waals surface area contributed by atoms with Gasteiger partial charge in [-0.05, 0) is 61.8 Å². The minimum atomic E-state index is -0.383. The molecule has 1 aromatic heterocycles. The van der Waals surface area contributed by atoms with Crippen molar-refractivity contribution in [3.05, 3.63) is 105 Å². The lowest BCUT2D eigenvalue weighted by molar-refractivity contribution is -0.116. The highest BCUT2D eigenvalue weighted by molar-refractivity contribution is 8.00. The smallest absolute Gasteiger partial charge is 0.254 e. The van der Waals surface area contributed by atoms with E-state index in [-0.39, 0.29) is 23.5 Å². The Morgan fingerprint density at radius 1 is 1.03 bits per heavy atom. The van der Waals surface area contributed by atoms with Crippen LogP contribution in [0.25, 0.3) is 0 Å². The first kappa shape index (κ1) is 23.6. The van der Waals surface area contributed by atoms with Crippen molar-refractivity contribution >= 4 is 40.5 Å². The lowest BCUT2D eigenvalue weighted by Crippen LogP contribution is -2.37. The summed E-state index contributed by atoms with van der Waals surface area (Å²) in [5.74, 6) is -0.309. The molecule has 2 aliphatic rings. The van der Waals surface area contributed by atoms with Crippen molar-refractivity contribution in [1.82, 2.24) is 5.32 Å². The van der Waals surface area contributed by atoms with Gasteiger partial charge in [0.25, 0.3) is 5.91 Å². The van der Waals surface area contributed by atoms with Crippen LogP contribution in [0.3, 0.4) is 0 Å². The molecule has 0 saturated heterocycles. The quantitative estimate of drug-likeness (QED) is 0.379. The molecule has 0 spiro atoms. The standard InChI is InChI=1S/C29H28N2O2S2/c1-17-14-22(29(34-3)35-17)26-25(28(33)31-21-12-8-5-9-13-21)18(2)30-23-15-20(16-24(32)27(23)26)19-10-6-4-7-11-19/h4-14,20,26,30H,15-16H2,1-3H3,(H,31,33)/t20-,26-/m1/s1. The molecule has 178 valence electrons. The number of hydrogen-bond donors (Lipinski definition) is 2. The number of carbonyl (C=O) groups excluding carboxylic acids is 2. The van der Waals surface area contributed by atoms with E-state index >= 15 is 0 Å². The summed E-state index contributed by atoms with van der Waals surface area (Å²) in [5, 5.41) is 6.54. The average molecular weight is 501 g/mol. The molecule has 2 heterocycles. The second-order valence-corrected chi connectivity index (χ2v) is 11.4. The monoisotopic (exact) mass is 500 g/mol. The molecule has 1 aliphatic heterocycles. The molecule has 1 aliphatic carbocycles. The van der Waals surface area contributed by atoms with Gasteiger partial charge >= 0.3 is 0 Å². The van der Waals surface area contributed by atoms with Gasteiger partial charge in [0, 0.05) is 45.4 Å². The summed E-state index contributed by atoms with van der Waals surface area (Å²) in [6.45, 7) is 4.03. The maximum absolute atomic E-state index is 13.8. The van der Waals surface area contributed by atoms with Crippen molar-refractivity contribution in [1.29, 1.82) is 0 Å². The second kappa shape index (κ2) is 9.88. The van der Waals surface area contributed by atoms with Gasteiger partial charge in [-0.15, -0.1) is 23.1 Å². The van der Waals surface area contributed by atoms with Crippen molar-refractivity contribution in [2.75, 3.05) is 11.6 Å². The summed E-state index contributed by atoms with van der Waals surface area (Å²) < 4.78 is 1.15. The number of anilines is 1. The molecule has 2 aromatic carbocycles. The maximum atomic E-state index is 13.8. The van der Waals surface area contributed by atoms with Crippen LogP contribution in [0, 0.1) is 6.92 Å². The number of thiophene rings is 1. The summed E-state index contributed by atoms with van der Waals surface area (Å²) in [6, 6.07) is 21.9. The Kier molecular flexibility index (Phi) is 6.67. The van der Waals surface area contributed by atoms with E-state index in [0.29, 0.717) is 12.0 Å². The molecule has 1 amide bonds. The molecule has 35 heavy (non-hydrogen) atoms. The number of benzene rings is 2. The van der Waals surface area contributed by atoms with Gasteiger partial charge in [0.15, 0.2) is 5.78 Å². The lowest BCUT2D eigenvalue weighted by atomic mass is 9.72. The Balaban J connectivity index is 1.60. The van der Waals surface area contributed by atoms with Crippen LogP contribution >= 0.6 is 23.1 Å². The molecule has 3 aromatic rings. The van der Waals surface area contributed by atoms with Gasteiger partial charge in [0.2, 0.25) is 0 Å². The molecule has 2 N–H and O–H groups in total. The van der Waals surface area contributed by atoms with E-state index in [1.54, 1.807) is 23.1 Å². The maximum Gasteiger partial charge on any atom is 0.254 e. The minimum absolute atomic E-state index is 0.117. The van der Waals surface area contributed by atoms with Crippen LogP contribution in [0.5, 0.6) is 0 Å². The van der Waals surface area contributed by atoms with E-state index in [1.165, 1.54) is 10.4 Å². The van der Waals surface area contributed by atoms with E-state index < -0.39 is 0 Å². The lowest BCUT2D eigenvalue weighted by Gasteiger charge is -2.37. The Hall–Kier alpha value is -3.09. The molecule has 4 nitrogen and oxygen atoms in total. The topological polar surface area (TPSA) is 58.2 Å². The molecule has 0 unspecified atom stereocenters. The average Bonchev–Trinajstić information content (AvgIpc) is 3.24. The molecule has 0 fully saturated rings. The van der Waals surface area contributed by atoms with Gasteiger partial charge in [0.1, 0.15) is 0 Å². The van der Waals surface area contributed by atoms with Crippen LogP contribution in [0.15, 0.2) is 93.5 Å². The van der Waals surface area contributed by atoms with Crippen LogP contribution in [0.4, 0.5) is 5.69 Å². The van der Waals surface area contributed by atoms with E-state index in [2.05, 4.69) is 42.0 Å². The molecule has 6 heteroatoms. The Morgan fingerprint density at radius 3 is 2.40 bits per heavy atom. The van der Waals surface area contributed by atoms with Crippen LogP contribution in [-0.4, -0.2) is 17.9 Å². The van der Waals surface area contributed by atoms with Gasteiger partial charge < -0.3 is 10.6 Å². The number of allylic oxidation sites excluding steroid dienone is 3. The second-order valence-electron chi connectivity index (χ2n) is 9.05. The molecule has 5 rings (SSSR count). The fraction of sp³-hybridized carbons (Fsp3) is 0.241. The van der Waals surface area contributed by atoms with E-state index in [0.717, 1.165) is 38.8 Å². The predicted molar refractivity (Wildman–Crippen MR) is 145 cm³/mol. The summed E-state index contributed by atoms with van der Waals surface area (Å²) in [6.07, 6.45) is 3.26. The number of amides is 1. The normalized spacial score (nSPS) is 19.9. The predicted octanol–water partition coefficient (Wildman–Crippen LogP) is 6.78. The summed E-state index contributed by atoms with van der Waals surface area (Å²) in [7, 11) is 0. The first-order valence-electron chi connectivity index (χ1n) is 11.8. The number of aryl methyl sites for hydroxylation is 1. The fourth-order valence-corrected chi connectivity index (χ4v) is 7.12. The number of hydrogen-bond acceptors (Lipinski definition) is 5. The van der Waals surface area contributed by atoms with Crippen molar-refractivity contribution < 1.29 is 9.59 Å². The van der Waals surface area contributed by atoms with Crippen LogP contribution in [0.2, 0.25) is 0 Å². The number of para-hydroxylation sites is 1. The molecule has 0 saturated carbocycles. The third-order valence-corrected chi connectivity index (χ3v) is 8.94. The SMILES string of the molecule is CSc1sc(C)cc1[C@@H]1C(C(=O)Nc2ccccc2)=C(C)NC2=C1C(=O)C[C@H](c1ccccc1)C2. The van der Waals surface area contributed by atoms with Crippen molar-refractivity contribution in [3.8, 4) is 0 Å². The van der Waals surface area contributed by atoms with Gasteiger partial charge in [-0.3, -0.25) is 9.59 Å². The van der Waals surface area contributed by atoms with E-state index in [1.807, 2.05) is 55.5 Å². The highest BCUT2D eigenvalue weighted by Gasteiger charge is 2.42. The molecule has 2 atom stereocenters. The number of carbonyl (C=O) groups is 2. The zero-order chi connectivity index (χ0) is 24.5. The van der Waals surface area contributed by atoms with Crippen molar-refractivity contribution in [2.24, 2.45) is 0 Å². The number of dihydropyridines is 1. The molecule has 0 radical (unpaired) electrons. The van der Waals surface area contributed by atoms with Crippen LogP contribution < -0.4 is 10.6 Å². The number of Topliss-reactive ketones (excluding diaryl/α,β-unsaturated/α-hetero) is 1. The number of nitrogens with one attached hydrogen (secondary N) is 2. The highest BCUT2D eigenvalue weighted by Crippen LogP contribution is 2.49. The van der Waals surface area contributed by atoms with Crippen LogP contribution in [0.1, 0.15) is 47.6 Å². The third kappa shape index (κ3) is 4.60. The molecular formula is C29H28N2O2S2. The number of ketones is 1. The van der Waals surface area contributed by atoms with Crippen molar-refractivity contribution in [2.45, 2.75) is 42.7 Å². The van der Waals surface area contributed by atoms with Gasteiger partial charge in [-0.25, -0.2) is 0 Å². The Bertz CT molecular complexity index is 1340. The van der Waals surface area contributed by atoms with Gasteiger partial charge in [-0.1, -0.05) is 48.5 Å². The Morgan fingerprint density at radius 2 is 1.71 bits per heavy atom. The number of thioether (sulfide) groups is 1. The summed E-state index contributed by atoms with van der Waals surface area (Å²) in [5.41, 5.74) is 6.09. The minimum Gasteiger partial charge on any atom is -0.362 e. The van der Waals surface area contributed by atoms with Gasteiger partial charge in [0.05, 0.1) is 4.21 Å². The summed E-state index contributed by atoms with van der Waals surface area (Å²) in [4.78, 5) is 28.6. The first-order chi connectivity index (χ1) is 17.0. The van der Waals surface area contributed by atoms with E-state index in [4.69, 9.17) is 0 Å². The third-order valence-electron chi connectivity index (χ3n) is 6.72. The largest absolute Gasteiger partial charge is 0.362 e. The Labute approximate surface area is 214 Å². The fourth-order valence-electron chi connectivity index (χ4n) is 5.21. The molecular weight excluding hydrogens is 472 g/mol. The summed E-state index contributed by atoms with van der Waals surface area (Å²) >= 11 is 3.40. The van der Waals surface area contributed by atoms with E-state index in [9.17, 15) is 9.59 Å². The zero-order valence-electron chi connectivity index (χ0n) is 20.1. The van der Waals surface area contributed by atoms with Gasteiger partial charge in [-0.2, -0.15) is 0 Å². The highest BCUT2D eigenvalue weighted by atomic mass is 32.2. The number of rotatable bonds is 5. The van der Waals surface area contributed by atoms with Crippen molar-refractivity contribution in [3.63, 3.8) is 0 Å². The van der Waals surface area contributed by atoms with Crippen LogP contribution in [-0.2, 0) is 9.59 Å². The zero-order valence-corrected chi connectivity index (χ0v) is 21.7.